The number of ketones is 4. The van der Waals surface area contributed by atoms with Crippen molar-refractivity contribution in [2.45, 2.75) is 126 Å². The molecule has 0 aliphatic carbocycles. The van der Waals surface area contributed by atoms with Gasteiger partial charge in [0.15, 0.2) is 5.12 Å². The van der Waals surface area contributed by atoms with Gasteiger partial charge in [0.1, 0.15) is 23.1 Å². The summed E-state index contributed by atoms with van der Waals surface area (Å²) in [5.74, 6) is 2.82. The van der Waals surface area contributed by atoms with E-state index in [2.05, 4.69) is 19.2 Å². The zero-order valence-electron chi connectivity index (χ0n) is 28.8. The first-order valence-corrected chi connectivity index (χ1v) is 19.3. The molecule has 1 aliphatic heterocycles. The Morgan fingerprint density at radius 2 is 1.42 bits per heavy atom. The lowest BCUT2D eigenvalue weighted by atomic mass is 9.82. The minimum Gasteiger partial charge on any atom is -0.300 e. The summed E-state index contributed by atoms with van der Waals surface area (Å²) < 4.78 is 0. The van der Waals surface area contributed by atoms with Crippen LogP contribution in [-0.2, 0) is 24.0 Å². The molecule has 1 rings (SSSR count). The van der Waals surface area contributed by atoms with Crippen molar-refractivity contribution in [1.82, 2.24) is 0 Å². The van der Waals surface area contributed by atoms with Crippen LogP contribution in [0.1, 0.15) is 121 Å². The molecule has 0 aromatic rings. The molecule has 1 fully saturated rings. The third-order valence-corrected chi connectivity index (χ3v) is 11.1. The lowest BCUT2D eigenvalue weighted by molar-refractivity contribution is -0.132. The maximum Gasteiger partial charge on any atom is 0.185 e. The van der Waals surface area contributed by atoms with E-state index in [0.717, 1.165) is 18.1 Å². The lowest BCUT2D eigenvalue weighted by Gasteiger charge is -2.23. The van der Waals surface area contributed by atoms with Crippen LogP contribution in [0.3, 0.4) is 0 Å². The van der Waals surface area contributed by atoms with Gasteiger partial charge in [-0.15, -0.1) is 6.58 Å². The van der Waals surface area contributed by atoms with Crippen LogP contribution in [0.2, 0.25) is 0 Å². The van der Waals surface area contributed by atoms with Crippen molar-refractivity contribution in [2.75, 3.05) is 17.3 Å². The molecule has 9 heteroatoms. The number of hydrogen-bond acceptors (Lipinski definition) is 9. The fourth-order valence-corrected chi connectivity index (χ4v) is 8.12. The fourth-order valence-electron chi connectivity index (χ4n) is 4.08. The second-order valence-corrected chi connectivity index (χ2v) is 18.6. The summed E-state index contributed by atoms with van der Waals surface area (Å²) in [6.07, 6.45) is 8.45. The SMILES string of the molecule is C=CCC(CSC(C)=O)C(=O)C(C)(C)C.CC(=O)CC(CS)C(=O)C(C)(C)C.CC(C)(C)C(=O)CCCCC1CCSS1. The highest BCUT2D eigenvalue weighted by Crippen LogP contribution is 2.40. The van der Waals surface area contributed by atoms with Gasteiger partial charge in [0, 0.05) is 70.4 Å². The summed E-state index contributed by atoms with van der Waals surface area (Å²) in [4.78, 5) is 57.1. The number of allylic oxidation sites excluding steroid dienone is 1. The molecule has 1 heterocycles. The first-order valence-electron chi connectivity index (χ1n) is 15.3. The maximum atomic E-state index is 12.0. The molecule has 0 amide bonds. The van der Waals surface area contributed by atoms with Crippen molar-refractivity contribution in [2.24, 2.45) is 28.1 Å². The van der Waals surface area contributed by atoms with Gasteiger partial charge in [-0.05, 0) is 32.6 Å². The van der Waals surface area contributed by atoms with E-state index in [1.54, 1.807) is 6.08 Å². The number of Topliss-reactive ketones (excluding diaryl/α,β-unsaturated/α-hetero) is 4. The monoisotopic (exact) mass is 676 g/mol. The van der Waals surface area contributed by atoms with Crippen LogP contribution in [0.25, 0.3) is 0 Å². The van der Waals surface area contributed by atoms with E-state index in [-0.39, 0.29) is 50.5 Å². The standard InChI is InChI=1S/C12H20O2S.C12H22OS2.C10H18O2S/c1-6-7-10(8-15-9(2)13)11(14)12(3,4)5;1-12(2,3)11(13)7-5-4-6-10-8-9-14-15-10;1-7(11)5-8(6-13)9(12)10(2,3)4/h6,10H,1,7-8H2,2-5H3;10H,4-9H2,1-3H3;8,13H,5-6H2,1-4H3. The predicted molar refractivity (Wildman–Crippen MR) is 194 cm³/mol. The number of carbonyl (C=O) groups is 5. The Labute approximate surface area is 281 Å². The van der Waals surface area contributed by atoms with Crippen LogP contribution in [0, 0.1) is 28.1 Å². The highest BCUT2D eigenvalue weighted by atomic mass is 33.1. The van der Waals surface area contributed by atoms with Gasteiger partial charge in [0.05, 0.1) is 0 Å². The minimum absolute atomic E-state index is 0.0525. The van der Waals surface area contributed by atoms with Crippen LogP contribution < -0.4 is 0 Å². The van der Waals surface area contributed by atoms with Crippen LogP contribution >= 0.6 is 46.0 Å². The molecule has 43 heavy (non-hydrogen) atoms. The van der Waals surface area contributed by atoms with Gasteiger partial charge < -0.3 is 4.79 Å². The second kappa shape index (κ2) is 22.1. The highest BCUT2D eigenvalue weighted by Gasteiger charge is 2.30. The topological polar surface area (TPSA) is 85.3 Å². The van der Waals surface area contributed by atoms with E-state index >= 15 is 0 Å². The van der Waals surface area contributed by atoms with Crippen molar-refractivity contribution in [3.63, 3.8) is 0 Å². The van der Waals surface area contributed by atoms with E-state index in [0.29, 0.717) is 30.1 Å². The molecule has 1 aliphatic rings. The first kappa shape index (κ1) is 44.6. The number of thiol groups is 1. The largest absolute Gasteiger partial charge is 0.300 e. The van der Waals surface area contributed by atoms with E-state index in [9.17, 15) is 24.0 Å². The zero-order valence-corrected chi connectivity index (χ0v) is 32.1. The Hall–Kier alpha value is -0.510. The molecule has 3 unspecified atom stereocenters. The average Bonchev–Trinajstić information content (AvgIpc) is 3.39. The van der Waals surface area contributed by atoms with E-state index in [4.69, 9.17) is 0 Å². The average molecular weight is 677 g/mol. The quantitative estimate of drug-likeness (QED) is 0.0843. The smallest absolute Gasteiger partial charge is 0.185 e. The van der Waals surface area contributed by atoms with Crippen molar-refractivity contribution in [3.8, 4) is 0 Å². The van der Waals surface area contributed by atoms with Gasteiger partial charge in [0.2, 0.25) is 0 Å². The normalized spacial score (nSPS) is 16.5. The molecule has 0 aromatic carbocycles. The van der Waals surface area contributed by atoms with Crippen LogP contribution in [-0.4, -0.2) is 50.8 Å². The summed E-state index contributed by atoms with van der Waals surface area (Å²) in [6, 6.07) is 0. The summed E-state index contributed by atoms with van der Waals surface area (Å²) >= 11 is 5.30. The Morgan fingerprint density at radius 1 is 0.884 bits per heavy atom. The maximum absolute atomic E-state index is 12.0. The number of carbonyl (C=O) groups excluding carboxylic acids is 5. The Kier molecular flexibility index (Phi) is 22.9. The zero-order chi connectivity index (χ0) is 34.0. The van der Waals surface area contributed by atoms with Crippen molar-refractivity contribution < 1.29 is 24.0 Å². The summed E-state index contributed by atoms with van der Waals surface area (Å²) in [5.41, 5.74) is -0.855. The van der Waals surface area contributed by atoms with Crippen molar-refractivity contribution >= 4 is 74.2 Å². The molecule has 0 bridgehead atoms. The molecular formula is C34H60O5S4. The first-order chi connectivity index (χ1) is 19.6. The molecule has 0 aromatic heterocycles. The third kappa shape index (κ3) is 22.6. The summed E-state index contributed by atoms with van der Waals surface area (Å²) in [6.45, 7) is 24.0. The number of thioether (sulfide) groups is 1. The van der Waals surface area contributed by atoms with Crippen LogP contribution in [0.15, 0.2) is 12.7 Å². The third-order valence-electron chi connectivity index (χ3n) is 6.66. The van der Waals surface area contributed by atoms with Gasteiger partial charge in [0.25, 0.3) is 0 Å². The molecule has 0 N–H and O–H groups in total. The second-order valence-electron chi connectivity index (χ2n) is 14.3. The van der Waals surface area contributed by atoms with E-state index in [1.807, 2.05) is 83.9 Å². The Balaban J connectivity index is 0. The summed E-state index contributed by atoms with van der Waals surface area (Å²) in [5, 5.41) is 0.922. The lowest BCUT2D eigenvalue weighted by Crippen LogP contribution is -2.30. The number of hydrogen-bond donors (Lipinski definition) is 1. The molecule has 5 nitrogen and oxygen atoms in total. The van der Waals surface area contributed by atoms with Crippen molar-refractivity contribution in [1.29, 1.82) is 0 Å². The minimum atomic E-state index is -0.372. The highest BCUT2D eigenvalue weighted by molar-refractivity contribution is 8.77. The Bertz CT molecular complexity index is 888. The molecular weight excluding hydrogens is 617 g/mol. The van der Waals surface area contributed by atoms with Gasteiger partial charge >= 0.3 is 0 Å². The van der Waals surface area contributed by atoms with Crippen LogP contribution in [0.4, 0.5) is 0 Å². The van der Waals surface area contributed by atoms with E-state index in [1.165, 1.54) is 50.6 Å². The molecule has 1 saturated heterocycles. The molecule has 0 radical (unpaired) electrons. The predicted octanol–water partition coefficient (Wildman–Crippen LogP) is 9.52. The fraction of sp³-hybridized carbons (Fsp3) is 0.794. The Morgan fingerprint density at radius 3 is 1.79 bits per heavy atom. The summed E-state index contributed by atoms with van der Waals surface area (Å²) in [7, 11) is 4.04. The van der Waals surface area contributed by atoms with Crippen LogP contribution in [0.5, 0.6) is 0 Å². The number of rotatable bonds is 14. The van der Waals surface area contributed by atoms with Crippen molar-refractivity contribution in [3.05, 3.63) is 12.7 Å². The van der Waals surface area contributed by atoms with Gasteiger partial charge in [-0.2, -0.15) is 12.6 Å². The van der Waals surface area contributed by atoms with Gasteiger partial charge in [-0.25, -0.2) is 0 Å². The molecule has 250 valence electrons. The molecule has 0 spiro atoms. The molecule has 3 atom stereocenters. The number of unbranched alkanes of at least 4 members (excludes halogenated alkanes) is 1. The van der Waals surface area contributed by atoms with E-state index < -0.39 is 0 Å². The van der Waals surface area contributed by atoms with Gasteiger partial charge in [-0.3, -0.25) is 19.2 Å². The van der Waals surface area contributed by atoms with Gasteiger partial charge in [-0.1, -0.05) is 108 Å². The molecule has 0 saturated carbocycles.